The van der Waals surface area contributed by atoms with Crippen molar-refractivity contribution in [3.8, 4) is 0 Å². The molecule has 5 nitrogen and oxygen atoms in total. The van der Waals surface area contributed by atoms with Crippen molar-refractivity contribution in [2.24, 2.45) is 5.73 Å². The topological polar surface area (TPSA) is 72.6 Å². The third-order valence-electron chi connectivity index (χ3n) is 1.37. The molecule has 0 aliphatic rings. The Balaban J connectivity index is 4.06. The van der Waals surface area contributed by atoms with Crippen LogP contribution in [0.3, 0.4) is 0 Å². The van der Waals surface area contributed by atoms with E-state index in [1.54, 1.807) is 27.8 Å². The quantitative estimate of drug-likeness (QED) is 0.709. The minimum Gasteiger partial charge on any atom is -0.444 e. The van der Waals surface area contributed by atoms with Crippen LogP contribution < -0.4 is 5.73 Å². The van der Waals surface area contributed by atoms with Gasteiger partial charge in [-0.3, -0.25) is 4.79 Å². The van der Waals surface area contributed by atoms with E-state index in [1.165, 1.54) is 17.1 Å². The summed E-state index contributed by atoms with van der Waals surface area (Å²) in [5.41, 5.74) is 4.38. The van der Waals surface area contributed by atoms with Gasteiger partial charge in [0, 0.05) is 19.7 Å². The Morgan fingerprint density at radius 1 is 1.40 bits per heavy atom. The number of rotatable bonds is 3. The van der Waals surface area contributed by atoms with Crippen LogP contribution in [0.2, 0.25) is 0 Å². The first-order chi connectivity index (χ1) is 6.72. The maximum Gasteiger partial charge on any atom is 0.410 e. The summed E-state index contributed by atoms with van der Waals surface area (Å²) in [6.07, 6.45) is 2.28. The highest BCUT2D eigenvalue weighted by Crippen LogP contribution is 2.08. The van der Waals surface area contributed by atoms with E-state index in [4.69, 9.17) is 10.5 Å². The Labute approximate surface area is 89.9 Å². The van der Waals surface area contributed by atoms with Gasteiger partial charge in [0.15, 0.2) is 0 Å². The molecular weight excluding hydrogens is 196 g/mol. The lowest BCUT2D eigenvalue weighted by atomic mass is 10.2. The molecule has 0 rings (SSSR count). The fourth-order valence-electron chi connectivity index (χ4n) is 0.741. The molecule has 0 aromatic heterocycles. The third kappa shape index (κ3) is 7.54. The molecule has 2 N–H and O–H groups in total. The Hall–Kier alpha value is -1.52. The minimum absolute atomic E-state index is 0.290. The molecule has 15 heavy (non-hydrogen) atoms. The number of nitrogens with two attached hydrogens (primary N) is 1. The van der Waals surface area contributed by atoms with Gasteiger partial charge in [0.2, 0.25) is 5.91 Å². The molecule has 0 unspecified atom stereocenters. The first-order valence-electron chi connectivity index (χ1n) is 4.62. The molecule has 0 radical (unpaired) electrons. The largest absolute Gasteiger partial charge is 0.444 e. The maximum atomic E-state index is 11.4. The van der Waals surface area contributed by atoms with Gasteiger partial charge in [-0.15, -0.1) is 0 Å². The van der Waals surface area contributed by atoms with Crippen LogP contribution in [0.1, 0.15) is 20.8 Å². The molecule has 0 bridgehead atoms. The number of nitrogens with zero attached hydrogens (tertiary/aromatic N) is 1. The number of likely N-dealkylation sites (N-methyl/N-ethyl adjacent to an activating group) is 1. The Kier molecular flexibility index (Phi) is 4.84. The third-order valence-corrected chi connectivity index (χ3v) is 1.37. The standard InChI is InChI=1S/C10H18N2O3/c1-10(2,3)15-9(14)12(4)7-5-6-8(11)13/h5-6H,7H2,1-4H3,(H2,11,13)/b6-5+. The second kappa shape index (κ2) is 5.38. The zero-order valence-corrected chi connectivity index (χ0v) is 9.61. The molecule has 0 aliphatic heterocycles. The molecule has 5 heteroatoms. The second-order valence-electron chi connectivity index (χ2n) is 4.17. The van der Waals surface area contributed by atoms with E-state index in [0.717, 1.165) is 0 Å². The summed E-state index contributed by atoms with van der Waals surface area (Å²) in [7, 11) is 1.58. The fourth-order valence-corrected chi connectivity index (χ4v) is 0.741. The molecule has 0 fully saturated rings. The van der Waals surface area contributed by atoms with Crippen molar-refractivity contribution >= 4 is 12.0 Å². The summed E-state index contributed by atoms with van der Waals surface area (Å²) < 4.78 is 5.09. The molecule has 0 aromatic carbocycles. The van der Waals surface area contributed by atoms with Crippen molar-refractivity contribution in [1.82, 2.24) is 4.90 Å². The monoisotopic (exact) mass is 214 g/mol. The van der Waals surface area contributed by atoms with Crippen molar-refractivity contribution in [3.63, 3.8) is 0 Å². The summed E-state index contributed by atoms with van der Waals surface area (Å²) in [5, 5.41) is 0. The highest BCUT2D eigenvalue weighted by molar-refractivity contribution is 5.85. The van der Waals surface area contributed by atoms with Gasteiger partial charge in [0.1, 0.15) is 5.60 Å². The normalized spacial score (nSPS) is 11.5. The molecule has 0 spiro atoms. The smallest absolute Gasteiger partial charge is 0.410 e. The van der Waals surface area contributed by atoms with Gasteiger partial charge in [-0.25, -0.2) is 4.79 Å². The van der Waals surface area contributed by atoms with Crippen LogP contribution in [-0.4, -0.2) is 36.1 Å². The molecule has 0 aliphatic carbocycles. The number of ether oxygens (including phenoxy) is 1. The van der Waals surface area contributed by atoms with Crippen LogP contribution in [0.15, 0.2) is 12.2 Å². The first-order valence-corrected chi connectivity index (χ1v) is 4.62. The van der Waals surface area contributed by atoms with Crippen LogP contribution in [0.5, 0.6) is 0 Å². The van der Waals surface area contributed by atoms with E-state index in [-0.39, 0.29) is 6.54 Å². The van der Waals surface area contributed by atoms with Crippen molar-refractivity contribution in [2.45, 2.75) is 26.4 Å². The van der Waals surface area contributed by atoms with Crippen LogP contribution in [0.25, 0.3) is 0 Å². The van der Waals surface area contributed by atoms with Gasteiger partial charge in [0.25, 0.3) is 0 Å². The van der Waals surface area contributed by atoms with Crippen molar-refractivity contribution in [1.29, 1.82) is 0 Å². The van der Waals surface area contributed by atoms with Crippen molar-refractivity contribution in [3.05, 3.63) is 12.2 Å². The summed E-state index contributed by atoms with van der Waals surface area (Å²) in [5.74, 6) is -0.535. The van der Waals surface area contributed by atoms with E-state index in [9.17, 15) is 9.59 Å². The van der Waals surface area contributed by atoms with Gasteiger partial charge in [-0.1, -0.05) is 6.08 Å². The molecule has 0 atom stereocenters. The molecule has 0 heterocycles. The lowest BCUT2D eigenvalue weighted by Gasteiger charge is -2.23. The van der Waals surface area contributed by atoms with Crippen LogP contribution in [-0.2, 0) is 9.53 Å². The predicted molar refractivity (Wildman–Crippen MR) is 57.2 cm³/mol. The second-order valence-corrected chi connectivity index (χ2v) is 4.17. The van der Waals surface area contributed by atoms with Gasteiger partial charge in [-0.2, -0.15) is 0 Å². The summed E-state index contributed by atoms with van der Waals surface area (Å²) >= 11 is 0. The van der Waals surface area contributed by atoms with Crippen molar-refractivity contribution in [2.75, 3.05) is 13.6 Å². The van der Waals surface area contributed by atoms with E-state index in [2.05, 4.69) is 0 Å². The van der Waals surface area contributed by atoms with E-state index in [0.29, 0.717) is 0 Å². The highest BCUT2D eigenvalue weighted by Gasteiger charge is 2.18. The number of carbonyl (C=O) groups excluding carboxylic acids is 2. The number of hydrogen-bond acceptors (Lipinski definition) is 3. The van der Waals surface area contributed by atoms with Gasteiger partial charge >= 0.3 is 6.09 Å². The predicted octanol–water partition coefficient (Wildman–Crippen LogP) is 0.895. The Bertz CT molecular complexity index is 266. The Morgan fingerprint density at radius 2 is 1.93 bits per heavy atom. The number of carbonyl (C=O) groups is 2. The highest BCUT2D eigenvalue weighted by atomic mass is 16.6. The number of amides is 2. The minimum atomic E-state index is -0.535. The van der Waals surface area contributed by atoms with Crippen molar-refractivity contribution < 1.29 is 14.3 Å². The lowest BCUT2D eigenvalue weighted by Crippen LogP contribution is -2.34. The van der Waals surface area contributed by atoms with E-state index >= 15 is 0 Å². The zero-order chi connectivity index (χ0) is 12.1. The fraction of sp³-hybridized carbons (Fsp3) is 0.600. The van der Waals surface area contributed by atoms with Crippen LogP contribution in [0.4, 0.5) is 4.79 Å². The SMILES string of the molecule is CN(C/C=C/C(N)=O)C(=O)OC(C)(C)C. The molecule has 0 saturated heterocycles. The molecule has 0 saturated carbocycles. The van der Waals surface area contributed by atoms with Crippen LogP contribution >= 0.6 is 0 Å². The van der Waals surface area contributed by atoms with Crippen LogP contribution in [0, 0.1) is 0 Å². The molecule has 2 amide bonds. The summed E-state index contributed by atoms with van der Waals surface area (Å²) in [6.45, 7) is 5.66. The average Bonchev–Trinajstić information content (AvgIpc) is 1.99. The zero-order valence-electron chi connectivity index (χ0n) is 9.61. The van der Waals surface area contributed by atoms with E-state index < -0.39 is 17.6 Å². The first kappa shape index (κ1) is 13.5. The molecule has 86 valence electrons. The Morgan fingerprint density at radius 3 is 2.33 bits per heavy atom. The molecule has 0 aromatic rings. The van der Waals surface area contributed by atoms with Gasteiger partial charge < -0.3 is 15.4 Å². The lowest BCUT2D eigenvalue weighted by molar-refractivity contribution is -0.113. The van der Waals surface area contributed by atoms with Gasteiger partial charge in [-0.05, 0) is 20.8 Å². The summed E-state index contributed by atoms with van der Waals surface area (Å²) in [4.78, 5) is 23.1. The molecular formula is C10H18N2O3. The van der Waals surface area contributed by atoms with E-state index in [1.807, 2.05) is 0 Å². The maximum absolute atomic E-state index is 11.4. The number of primary amides is 1. The number of hydrogen-bond donors (Lipinski definition) is 1. The van der Waals surface area contributed by atoms with Gasteiger partial charge in [0.05, 0.1) is 0 Å². The average molecular weight is 214 g/mol. The summed E-state index contributed by atoms with van der Waals surface area (Å²) in [6, 6.07) is 0.